The monoisotopic (exact) mass is 425 g/mol. The van der Waals surface area contributed by atoms with Gasteiger partial charge in [-0.3, -0.25) is 0 Å². The number of hydroxylamine groups is 1. The van der Waals surface area contributed by atoms with E-state index in [1.807, 2.05) is 0 Å². The number of hydrogen-bond acceptors (Lipinski definition) is 7. The molecular weight excluding hydrogens is 418 g/mol. The van der Waals surface area contributed by atoms with Crippen LogP contribution in [0.3, 0.4) is 0 Å². The van der Waals surface area contributed by atoms with Crippen molar-refractivity contribution in [3.63, 3.8) is 0 Å². The van der Waals surface area contributed by atoms with Gasteiger partial charge in [0.15, 0.2) is 11.5 Å². The van der Waals surface area contributed by atoms with Crippen molar-refractivity contribution in [1.29, 1.82) is 0 Å². The van der Waals surface area contributed by atoms with E-state index in [0.29, 0.717) is 0 Å². The summed E-state index contributed by atoms with van der Waals surface area (Å²) in [6.07, 6.45) is -5.23. The number of carbonyl (C=O) groups excluding carboxylic acids is 1. The van der Waals surface area contributed by atoms with Crippen molar-refractivity contribution >= 4 is 33.4 Å². The molecule has 1 aromatic heterocycles. The topological polar surface area (TPSA) is 116 Å². The van der Waals surface area contributed by atoms with Crippen LogP contribution in [-0.2, 0) is 16.2 Å². The summed E-state index contributed by atoms with van der Waals surface area (Å²) in [5.41, 5.74) is 7.10. The summed E-state index contributed by atoms with van der Waals surface area (Å²) >= 11 is 2.94. The Balaban J connectivity index is 2.36. The zero-order valence-corrected chi connectivity index (χ0v) is 13.6. The summed E-state index contributed by atoms with van der Waals surface area (Å²) in [5.74, 6) is -3.54. The third kappa shape index (κ3) is 4.73. The fraction of sp³-hybridized carbons (Fsp3) is 0.167. The largest absolute Gasteiger partial charge is 0.493 e. The first-order valence-corrected chi connectivity index (χ1v) is 7.11. The van der Waals surface area contributed by atoms with E-state index in [2.05, 4.69) is 40.7 Å². The SMILES string of the molecule is NCc1nonc1C(=Nc1ccc(F)c(Br)c1)NOC(=O)C(F)(F)F. The highest BCUT2D eigenvalue weighted by Gasteiger charge is 2.42. The average Bonchev–Trinajstić information content (AvgIpc) is 3.02. The first-order chi connectivity index (χ1) is 11.7. The Kier molecular flexibility index (Phi) is 5.69. The molecule has 0 aliphatic rings. The van der Waals surface area contributed by atoms with Crippen LogP contribution in [0.15, 0.2) is 32.3 Å². The molecule has 2 rings (SSSR count). The fourth-order valence-corrected chi connectivity index (χ4v) is 1.85. The van der Waals surface area contributed by atoms with Crippen molar-refractivity contribution < 1.29 is 31.8 Å². The highest BCUT2D eigenvalue weighted by molar-refractivity contribution is 9.10. The number of carbonyl (C=O) groups is 1. The Bertz CT molecular complexity index is 808. The minimum atomic E-state index is -5.23. The van der Waals surface area contributed by atoms with E-state index in [4.69, 9.17) is 5.73 Å². The van der Waals surface area contributed by atoms with Crippen molar-refractivity contribution in [1.82, 2.24) is 15.8 Å². The lowest BCUT2D eigenvalue weighted by molar-refractivity contribution is -0.203. The Morgan fingerprint density at radius 3 is 2.72 bits per heavy atom. The third-order valence-corrected chi connectivity index (χ3v) is 3.20. The van der Waals surface area contributed by atoms with Crippen LogP contribution in [0, 0.1) is 5.82 Å². The van der Waals surface area contributed by atoms with E-state index in [0.717, 1.165) is 6.07 Å². The number of hydrogen-bond donors (Lipinski definition) is 2. The van der Waals surface area contributed by atoms with Crippen LogP contribution in [0.1, 0.15) is 11.4 Å². The van der Waals surface area contributed by atoms with Gasteiger partial charge < -0.3 is 10.6 Å². The Morgan fingerprint density at radius 1 is 1.40 bits per heavy atom. The maximum Gasteiger partial charge on any atom is 0.493 e. The molecule has 25 heavy (non-hydrogen) atoms. The van der Waals surface area contributed by atoms with Crippen LogP contribution < -0.4 is 11.2 Å². The van der Waals surface area contributed by atoms with Gasteiger partial charge in [-0.25, -0.2) is 18.8 Å². The Labute approximate surface area is 145 Å². The number of aliphatic imine (C=N–C) groups is 1. The third-order valence-electron chi connectivity index (χ3n) is 2.59. The lowest BCUT2D eigenvalue weighted by atomic mass is 10.3. The molecule has 2 aromatic rings. The number of amidine groups is 1. The maximum absolute atomic E-state index is 13.3. The van der Waals surface area contributed by atoms with Crippen LogP contribution in [0.4, 0.5) is 23.2 Å². The number of rotatable bonds is 3. The van der Waals surface area contributed by atoms with Crippen molar-refractivity contribution in [2.24, 2.45) is 10.7 Å². The summed E-state index contributed by atoms with van der Waals surface area (Å²) in [7, 11) is 0. The standard InChI is InChI=1S/C12H8BrF4N5O3/c13-6-3-5(1-2-7(6)14)19-10(9-8(4-18)20-25-21-9)22-24-11(23)12(15,16)17/h1-3H,4,18H2,(H,19,22). The normalized spacial score (nSPS) is 12.2. The quantitative estimate of drug-likeness (QED) is 0.334. The molecule has 0 saturated heterocycles. The summed E-state index contributed by atoms with van der Waals surface area (Å²) in [6.45, 7) is -0.181. The summed E-state index contributed by atoms with van der Waals surface area (Å²) < 4.78 is 54.5. The Hall–Kier alpha value is -2.54. The van der Waals surface area contributed by atoms with Crippen molar-refractivity contribution in [2.75, 3.05) is 0 Å². The van der Waals surface area contributed by atoms with Crippen LogP contribution in [0.25, 0.3) is 0 Å². The molecule has 134 valence electrons. The highest BCUT2D eigenvalue weighted by atomic mass is 79.9. The zero-order chi connectivity index (χ0) is 18.6. The minimum absolute atomic E-state index is 0.0375. The molecule has 3 N–H and O–H groups in total. The Morgan fingerprint density at radius 2 is 2.12 bits per heavy atom. The first-order valence-electron chi connectivity index (χ1n) is 6.32. The number of aromatic nitrogens is 2. The molecule has 0 radical (unpaired) electrons. The van der Waals surface area contributed by atoms with Crippen LogP contribution >= 0.6 is 15.9 Å². The van der Waals surface area contributed by atoms with E-state index >= 15 is 0 Å². The van der Waals surface area contributed by atoms with Gasteiger partial charge >= 0.3 is 12.1 Å². The van der Waals surface area contributed by atoms with E-state index in [9.17, 15) is 22.4 Å². The summed E-state index contributed by atoms with van der Waals surface area (Å²) in [4.78, 5) is 18.7. The van der Waals surface area contributed by atoms with Crippen LogP contribution in [-0.4, -0.2) is 28.3 Å². The van der Waals surface area contributed by atoms with E-state index < -0.39 is 23.8 Å². The molecule has 0 saturated carbocycles. The maximum atomic E-state index is 13.3. The molecule has 8 nitrogen and oxygen atoms in total. The first kappa shape index (κ1) is 18.8. The van der Waals surface area contributed by atoms with Gasteiger partial charge in [0.25, 0.3) is 0 Å². The van der Waals surface area contributed by atoms with Gasteiger partial charge in [0, 0.05) is 6.54 Å². The van der Waals surface area contributed by atoms with Crippen LogP contribution in [0.5, 0.6) is 0 Å². The summed E-state index contributed by atoms with van der Waals surface area (Å²) in [5, 5.41) is 6.89. The molecule has 0 amide bonds. The van der Waals surface area contributed by atoms with Gasteiger partial charge in [0.1, 0.15) is 11.5 Å². The van der Waals surface area contributed by atoms with E-state index in [1.54, 1.807) is 5.48 Å². The van der Waals surface area contributed by atoms with Gasteiger partial charge in [0.2, 0.25) is 0 Å². The minimum Gasteiger partial charge on any atom is -0.333 e. The fourth-order valence-electron chi connectivity index (χ4n) is 1.48. The zero-order valence-electron chi connectivity index (χ0n) is 12.0. The number of benzene rings is 1. The number of alkyl halides is 3. The molecule has 0 unspecified atom stereocenters. The van der Waals surface area contributed by atoms with E-state index in [1.165, 1.54) is 12.1 Å². The molecule has 0 bridgehead atoms. The lowest BCUT2D eigenvalue weighted by Gasteiger charge is -2.10. The molecular formula is C12H8BrF4N5O3. The number of nitrogens with zero attached hydrogens (tertiary/aromatic N) is 3. The molecule has 0 aliphatic carbocycles. The van der Waals surface area contributed by atoms with Gasteiger partial charge in [-0.1, -0.05) is 5.16 Å². The predicted octanol–water partition coefficient (Wildman–Crippen LogP) is 2.12. The molecule has 0 fully saturated rings. The highest BCUT2D eigenvalue weighted by Crippen LogP contribution is 2.23. The van der Waals surface area contributed by atoms with Crippen LogP contribution in [0.2, 0.25) is 0 Å². The number of halogens is 5. The van der Waals surface area contributed by atoms with Gasteiger partial charge in [-0.05, 0) is 39.3 Å². The molecule has 0 spiro atoms. The smallest absolute Gasteiger partial charge is 0.333 e. The van der Waals surface area contributed by atoms with E-state index in [-0.39, 0.29) is 28.1 Å². The lowest BCUT2D eigenvalue weighted by Crippen LogP contribution is -2.35. The predicted molar refractivity (Wildman–Crippen MR) is 77.8 cm³/mol. The van der Waals surface area contributed by atoms with Crippen molar-refractivity contribution in [3.05, 3.63) is 39.9 Å². The van der Waals surface area contributed by atoms with Gasteiger partial charge in [-0.2, -0.15) is 18.7 Å². The van der Waals surface area contributed by atoms with Crippen molar-refractivity contribution in [2.45, 2.75) is 12.7 Å². The van der Waals surface area contributed by atoms with Gasteiger partial charge in [-0.15, -0.1) is 0 Å². The number of nitrogens with one attached hydrogen (secondary N) is 1. The number of nitrogens with two attached hydrogens (primary N) is 1. The molecule has 0 aliphatic heterocycles. The second-order valence-electron chi connectivity index (χ2n) is 4.31. The molecule has 1 aromatic carbocycles. The van der Waals surface area contributed by atoms with Gasteiger partial charge in [0.05, 0.1) is 10.2 Å². The molecule has 0 atom stereocenters. The second kappa shape index (κ2) is 7.57. The van der Waals surface area contributed by atoms with Crippen molar-refractivity contribution in [3.8, 4) is 0 Å². The molecule has 1 heterocycles. The molecule has 13 heteroatoms. The summed E-state index contributed by atoms with van der Waals surface area (Å²) in [6, 6.07) is 3.52. The average molecular weight is 426 g/mol. The second-order valence-corrected chi connectivity index (χ2v) is 5.17.